The highest BCUT2D eigenvalue weighted by Crippen LogP contribution is 2.28. The SMILES string of the molecule is CC(C)NC(=O)[C@@H](Cc1ccccc1)N(Cc1c(Cl)cccc1Cl)C(=O)CCCN(c1ccc(F)cc1)S(C)(=O)=O. The Morgan fingerprint density at radius 1 is 0.927 bits per heavy atom. The number of anilines is 1. The largest absolute Gasteiger partial charge is 0.352 e. The molecule has 0 spiro atoms. The van der Waals surface area contributed by atoms with Crippen molar-refractivity contribution < 1.29 is 22.4 Å². The first-order valence-electron chi connectivity index (χ1n) is 13.2. The van der Waals surface area contributed by atoms with E-state index in [-0.39, 0.29) is 50.2 Å². The van der Waals surface area contributed by atoms with Gasteiger partial charge in [0.05, 0.1) is 11.9 Å². The lowest BCUT2D eigenvalue weighted by Gasteiger charge is -2.33. The van der Waals surface area contributed by atoms with E-state index >= 15 is 0 Å². The van der Waals surface area contributed by atoms with Crippen LogP contribution in [-0.4, -0.2) is 50.0 Å². The lowest BCUT2D eigenvalue weighted by molar-refractivity contribution is -0.141. The Balaban J connectivity index is 1.92. The second-order valence-electron chi connectivity index (χ2n) is 10.0. The molecule has 0 aliphatic heterocycles. The summed E-state index contributed by atoms with van der Waals surface area (Å²) in [6, 6.07) is 18.4. The Labute approximate surface area is 251 Å². The van der Waals surface area contributed by atoms with E-state index in [1.54, 1.807) is 18.2 Å². The van der Waals surface area contributed by atoms with Gasteiger partial charge in [0.15, 0.2) is 0 Å². The number of benzene rings is 3. The molecule has 0 aliphatic rings. The second-order valence-corrected chi connectivity index (χ2v) is 12.7. The number of nitrogens with one attached hydrogen (secondary N) is 1. The highest BCUT2D eigenvalue weighted by atomic mass is 35.5. The molecule has 2 amide bonds. The number of carbonyl (C=O) groups excluding carboxylic acids is 2. The number of halogens is 3. The molecular weight excluding hydrogens is 588 g/mol. The van der Waals surface area contributed by atoms with Gasteiger partial charge in [0.25, 0.3) is 0 Å². The van der Waals surface area contributed by atoms with E-state index in [0.717, 1.165) is 16.1 Å². The molecule has 0 aliphatic carbocycles. The van der Waals surface area contributed by atoms with Crippen LogP contribution in [-0.2, 0) is 32.6 Å². The molecule has 0 saturated carbocycles. The van der Waals surface area contributed by atoms with Gasteiger partial charge in [-0.05, 0) is 62.2 Å². The predicted octanol–water partition coefficient (Wildman–Crippen LogP) is 5.84. The lowest BCUT2D eigenvalue weighted by atomic mass is 10.0. The zero-order valence-electron chi connectivity index (χ0n) is 23.2. The molecule has 7 nitrogen and oxygen atoms in total. The maximum atomic E-state index is 13.8. The third-order valence-corrected chi connectivity index (χ3v) is 8.26. The number of rotatable bonds is 13. The van der Waals surface area contributed by atoms with Crippen molar-refractivity contribution in [2.24, 2.45) is 0 Å². The number of hydrogen-bond donors (Lipinski definition) is 1. The standard InChI is InChI=1S/C30H34Cl2FN3O4S/c1-21(2)34-30(38)28(19-22-9-5-4-6-10-22)35(20-25-26(31)11-7-12-27(25)32)29(37)13-8-18-36(41(3,39)40)24-16-14-23(33)15-17-24/h4-7,9-12,14-17,21,28H,8,13,18-20H2,1-3H3,(H,34,38)/t28-/m1/s1. The molecule has 3 aromatic carbocycles. The maximum absolute atomic E-state index is 13.8. The van der Waals surface area contributed by atoms with Crippen molar-refractivity contribution in [1.82, 2.24) is 10.2 Å². The van der Waals surface area contributed by atoms with E-state index in [2.05, 4.69) is 5.32 Å². The van der Waals surface area contributed by atoms with Crippen molar-refractivity contribution in [3.05, 3.63) is 99.8 Å². The molecular formula is C30H34Cl2FN3O4S. The molecule has 0 heterocycles. The smallest absolute Gasteiger partial charge is 0.243 e. The molecule has 0 saturated heterocycles. The van der Waals surface area contributed by atoms with Crippen LogP contribution in [0.15, 0.2) is 72.8 Å². The second kappa shape index (κ2) is 14.7. The van der Waals surface area contributed by atoms with Gasteiger partial charge in [-0.1, -0.05) is 59.6 Å². The third kappa shape index (κ3) is 9.45. The quantitative estimate of drug-likeness (QED) is 0.260. The van der Waals surface area contributed by atoms with Crippen molar-refractivity contribution in [3.63, 3.8) is 0 Å². The molecule has 3 aromatic rings. The molecule has 11 heteroatoms. The van der Waals surface area contributed by atoms with Gasteiger partial charge in [-0.2, -0.15) is 0 Å². The number of nitrogens with zero attached hydrogens (tertiary/aromatic N) is 2. The Morgan fingerprint density at radius 2 is 1.54 bits per heavy atom. The summed E-state index contributed by atoms with van der Waals surface area (Å²) >= 11 is 12.9. The van der Waals surface area contributed by atoms with Gasteiger partial charge in [-0.25, -0.2) is 12.8 Å². The fourth-order valence-electron chi connectivity index (χ4n) is 4.40. The Morgan fingerprint density at radius 3 is 2.10 bits per heavy atom. The van der Waals surface area contributed by atoms with Crippen molar-refractivity contribution in [3.8, 4) is 0 Å². The van der Waals surface area contributed by atoms with Gasteiger partial charge in [-0.15, -0.1) is 0 Å². The summed E-state index contributed by atoms with van der Waals surface area (Å²) in [5.41, 5.74) is 1.65. The van der Waals surface area contributed by atoms with Crippen molar-refractivity contribution in [2.45, 2.75) is 51.7 Å². The lowest BCUT2D eigenvalue weighted by Crippen LogP contribution is -2.52. The molecule has 0 radical (unpaired) electrons. The van der Waals surface area contributed by atoms with E-state index in [4.69, 9.17) is 23.2 Å². The summed E-state index contributed by atoms with van der Waals surface area (Å²) in [7, 11) is -3.71. The van der Waals surface area contributed by atoms with Crippen LogP contribution >= 0.6 is 23.2 Å². The van der Waals surface area contributed by atoms with Crippen molar-refractivity contribution >= 4 is 50.7 Å². The summed E-state index contributed by atoms with van der Waals surface area (Å²) in [4.78, 5) is 28.8. The third-order valence-electron chi connectivity index (χ3n) is 6.36. The van der Waals surface area contributed by atoms with Gasteiger partial charge in [-0.3, -0.25) is 13.9 Å². The summed E-state index contributed by atoms with van der Waals surface area (Å²) in [6.45, 7) is 3.64. The van der Waals surface area contributed by atoms with E-state index in [1.807, 2.05) is 44.2 Å². The first-order chi connectivity index (χ1) is 19.4. The average Bonchev–Trinajstić information content (AvgIpc) is 2.90. The number of sulfonamides is 1. The first kappa shape index (κ1) is 32.4. The summed E-state index contributed by atoms with van der Waals surface area (Å²) in [6.07, 6.45) is 1.39. The highest BCUT2D eigenvalue weighted by Gasteiger charge is 2.31. The Hall–Kier alpha value is -3.14. The van der Waals surface area contributed by atoms with Gasteiger partial charge in [0, 0.05) is 47.6 Å². The van der Waals surface area contributed by atoms with E-state index in [9.17, 15) is 22.4 Å². The highest BCUT2D eigenvalue weighted by molar-refractivity contribution is 7.92. The van der Waals surface area contributed by atoms with Crippen molar-refractivity contribution in [2.75, 3.05) is 17.1 Å². The van der Waals surface area contributed by atoms with Crippen LogP contribution in [0.5, 0.6) is 0 Å². The minimum Gasteiger partial charge on any atom is -0.352 e. The number of hydrogen-bond acceptors (Lipinski definition) is 4. The molecule has 3 rings (SSSR count). The molecule has 0 fully saturated rings. The van der Waals surface area contributed by atoms with Crippen LogP contribution in [0, 0.1) is 5.82 Å². The Bertz CT molecular complexity index is 1420. The molecule has 1 N–H and O–H groups in total. The molecule has 41 heavy (non-hydrogen) atoms. The minimum atomic E-state index is -3.71. The predicted molar refractivity (Wildman–Crippen MR) is 162 cm³/mol. The minimum absolute atomic E-state index is 0.0154. The molecule has 0 aromatic heterocycles. The van der Waals surface area contributed by atoms with Crippen LogP contribution in [0.3, 0.4) is 0 Å². The van der Waals surface area contributed by atoms with Crippen LogP contribution in [0.25, 0.3) is 0 Å². The van der Waals surface area contributed by atoms with Crippen LogP contribution < -0.4 is 9.62 Å². The topological polar surface area (TPSA) is 86.8 Å². The van der Waals surface area contributed by atoms with E-state index in [0.29, 0.717) is 21.3 Å². The molecule has 1 atom stereocenters. The van der Waals surface area contributed by atoms with Crippen LogP contribution in [0.1, 0.15) is 37.8 Å². The monoisotopic (exact) mass is 621 g/mol. The first-order valence-corrected chi connectivity index (χ1v) is 15.8. The Kier molecular flexibility index (Phi) is 11.6. The van der Waals surface area contributed by atoms with Gasteiger partial charge < -0.3 is 10.2 Å². The van der Waals surface area contributed by atoms with Gasteiger partial charge in [0.2, 0.25) is 21.8 Å². The van der Waals surface area contributed by atoms with Crippen LogP contribution in [0.4, 0.5) is 10.1 Å². The van der Waals surface area contributed by atoms with Gasteiger partial charge >= 0.3 is 0 Å². The zero-order valence-corrected chi connectivity index (χ0v) is 25.5. The summed E-state index contributed by atoms with van der Waals surface area (Å²) in [5.74, 6) is -1.19. The van der Waals surface area contributed by atoms with Crippen molar-refractivity contribution in [1.29, 1.82) is 0 Å². The molecule has 0 bridgehead atoms. The molecule has 0 unspecified atom stereocenters. The van der Waals surface area contributed by atoms with E-state index in [1.165, 1.54) is 29.2 Å². The fourth-order valence-corrected chi connectivity index (χ4v) is 5.88. The van der Waals surface area contributed by atoms with Crippen LogP contribution in [0.2, 0.25) is 10.0 Å². The summed E-state index contributed by atoms with van der Waals surface area (Å²) in [5, 5.41) is 3.63. The van der Waals surface area contributed by atoms with Gasteiger partial charge in [0.1, 0.15) is 11.9 Å². The normalized spacial score (nSPS) is 12.2. The summed E-state index contributed by atoms with van der Waals surface area (Å²) < 4.78 is 39.6. The zero-order chi connectivity index (χ0) is 30.2. The average molecular weight is 623 g/mol. The number of amides is 2. The fraction of sp³-hybridized carbons (Fsp3) is 0.333. The molecule has 220 valence electrons. The van der Waals surface area contributed by atoms with E-state index < -0.39 is 21.9 Å². The maximum Gasteiger partial charge on any atom is 0.243 e. The number of carbonyl (C=O) groups is 2.